The van der Waals surface area contributed by atoms with Crippen molar-refractivity contribution in [3.63, 3.8) is 0 Å². The number of rotatable bonds is 2. The van der Waals surface area contributed by atoms with Crippen LogP contribution in [0.5, 0.6) is 0 Å². The predicted molar refractivity (Wildman–Crippen MR) is 39.3 cm³/mol. The Balaban J connectivity index is 3.49. The van der Waals surface area contributed by atoms with Crippen LogP contribution in [0, 0.1) is 12.3 Å². The van der Waals surface area contributed by atoms with Gasteiger partial charge in [-0.15, -0.1) is 6.42 Å². The first-order valence-electron chi connectivity index (χ1n) is 2.67. The highest BCUT2D eigenvalue weighted by molar-refractivity contribution is 5.97. The molecule has 0 aromatic rings. The summed E-state index contributed by atoms with van der Waals surface area (Å²) in [5.74, 6) is 2.96. The van der Waals surface area contributed by atoms with E-state index in [1.54, 1.807) is 7.05 Å². The van der Waals surface area contributed by atoms with E-state index in [1.807, 2.05) is 7.05 Å². The Morgan fingerprint density at radius 1 is 1.78 bits per heavy atom. The Labute approximate surface area is 55.6 Å². The third-order valence-electron chi connectivity index (χ3n) is 0.793. The molecule has 0 fully saturated rings. The van der Waals surface area contributed by atoms with Gasteiger partial charge in [-0.1, -0.05) is 0 Å². The molecule has 0 aliphatic heterocycles. The lowest BCUT2D eigenvalue weighted by atomic mass is 10.6. The molecule has 0 amide bonds. The van der Waals surface area contributed by atoms with Gasteiger partial charge in [-0.05, 0) is 13.0 Å². The number of terminal acetylenes is 1. The zero-order valence-corrected chi connectivity index (χ0v) is 5.73. The molecule has 50 valence electrons. The highest BCUT2D eigenvalue weighted by Gasteiger charge is 1.84. The standard InChI is InChI=1S/C6H11N3/c1-4-6(8-3)9-5-7-2/h1,7H,5H2,2-3H3,(H,8,9). The van der Waals surface area contributed by atoms with Gasteiger partial charge in [-0.25, -0.2) is 0 Å². The molecule has 2 N–H and O–H groups in total. The van der Waals surface area contributed by atoms with Crippen molar-refractivity contribution >= 4 is 5.84 Å². The van der Waals surface area contributed by atoms with Gasteiger partial charge in [-0.2, -0.15) is 0 Å². The smallest absolute Gasteiger partial charge is 0.174 e. The fraction of sp³-hybridized carbons (Fsp3) is 0.500. The van der Waals surface area contributed by atoms with Crippen molar-refractivity contribution in [3.05, 3.63) is 0 Å². The van der Waals surface area contributed by atoms with Crippen molar-refractivity contribution < 1.29 is 0 Å². The molecular formula is C6H11N3. The van der Waals surface area contributed by atoms with Gasteiger partial charge in [0.25, 0.3) is 0 Å². The van der Waals surface area contributed by atoms with Crippen LogP contribution in [0.3, 0.4) is 0 Å². The molecule has 0 rings (SSSR count). The number of hydrogen-bond donors (Lipinski definition) is 2. The summed E-state index contributed by atoms with van der Waals surface area (Å²) in [5.41, 5.74) is 0. The molecule has 0 heterocycles. The van der Waals surface area contributed by atoms with E-state index in [9.17, 15) is 0 Å². The van der Waals surface area contributed by atoms with Gasteiger partial charge in [0.05, 0.1) is 6.67 Å². The number of nitrogens with zero attached hydrogens (tertiary/aromatic N) is 1. The van der Waals surface area contributed by atoms with Crippen LogP contribution in [-0.2, 0) is 0 Å². The van der Waals surface area contributed by atoms with Crippen LogP contribution in [-0.4, -0.2) is 26.6 Å². The minimum absolute atomic E-state index is 0.573. The largest absolute Gasteiger partial charge is 0.351 e. The van der Waals surface area contributed by atoms with Crippen molar-refractivity contribution in [3.8, 4) is 12.3 Å². The molecule has 0 aliphatic rings. The number of amidine groups is 1. The maximum absolute atomic E-state index is 5.05. The average Bonchev–Trinajstić information content (AvgIpc) is 1.91. The summed E-state index contributed by atoms with van der Waals surface area (Å²) >= 11 is 0. The summed E-state index contributed by atoms with van der Waals surface area (Å²) in [5, 5.41) is 5.75. The monoisotopic (exact) mass is 125 g/mol. The van der Waals surface area contributed by atoms with Crippen molar-refractivity contribution in [1.82, 2.24) is 10.6 Å². The van der Waals surface area contributed by atoms with E-state index in [0.29, 0.717) is 12.5 Å². The molecular weight excluding hydrogens is 114 g/mol. The molecule has 0 aromatic carbocycles. The molecule has 0 aromatic heterocycles. The quantitative estimate of drug-likeness (QED) is 0.224. The minimum atomic E-state index is 0.573. The lowest BCUT2D eigenvalue weighted by Gasteiger charge is -2.00. The van der Waals surface area contributed by atoms with E-state index in [0.717, 1.165) is 0 Å². The molecule has 0 saturated carbocycles. The van der Waals surface area contributed by atoms with Gasteiger partial charge in [-0.3, -0.25) is 4.99 Å². The van der Waals surface area contributed by atoms with Crippen LogP contribution in [0.25, 0.3) is 0 Å². The van der Waals surface area contributed by atoms with E-state index >= 15 is 0 Å². The first-order valence-corrected chi connectivity index (χ1v) is 2.67. The fourth-order valence-corrected chi connectivity index (χ4v) is 0.367. The second kappa shape index (κ2) is 5.13. The van der Waals surface area contributed by atoms with Crippen LogP contribution in [0.1, 0.15) is 0 Å². The Bertz CT molecular complexity index is 132. The maximum Gasteiger partial charge on any atom is 0.174 e. The summed E-state index contributed by atoms with van der Waals surface area (Å²) in [7, 11) is 3.48. The lowest BCUT2D eigenvalue weighted by molar-refractivity contribution is 0.763. The van der Waals surface area contributed by atoms with Crippen LogP contribution >= 0.6 is 0 Å². The first-order chi connectivity index (χ1) is 4.35. The fourth-order valence-electron chi connectivity index (χ4n) is 0.367. The molecule has 0 radical (unpaired) electrons. The van der Waals surface area contributed by atoms with E-state index in [-0.39, 0.29) is 0 Å². The van der Waals surface area contributed by atoms with E-state index < -0.39 is 0 Å². The van der Waals surface area contributed by atoms with Gasteiger partial charge >= 0.3 is 0 Å². The normalized spacial score (nSPS) is 10.6. The molecule has 0 aliphatic carbocycles. The van der Waals surface area contributed by atoms with Gasteiger partial charge in [0.2, 0.25) is 0 Å². The third kappa shape index (κ3) is 3.56. The van der Waals surface area contributed by atoms with Crippen LogP contribution in [0.4, 0.5) is 0 Å². The Morgan fingerprint density at radius 3 is 2.78 bits per heavy atom. The molecule has 0 bridgehead atoms. The predicted octanol–water partition coefficient (Wildman–Crippen LogP) is -0.586. The molecule has 3 nitrogen and oxygen atoms in total. The number of nitrogens with one attached hydrogen (secondary N) is 2. The highest BCUT2D eigenvalue weighted by atomic mass is 15.1. The van der Waals surface area contributed by atoms with E-state index in [4.69, 9.17) is 6.42 Å². The van der Waals surface area contributed by atoms with Gasteiger partial charge in [0.1, 0.15) is 0 Å². The van der Waals surface area contributed by atoms with E-state index in [2.05, 4.69) is 21.5 Å². The lowest BCUT2D eigenvalue weighted by Crippen LogP contribution is -2.30. The van der Waals surface area contributed by atoms with Gasteiger partial charge in [0, 0.05) is 7.05 Å². The summed E-state index contributed by atoms with van der Waals surface area (Å²) in [6.45, 7) is 0.650. The molecule has 0 atom stereocenters. The van der Waals surface area contributed by atoms with Crippen LogP contribution < -0.4 is 10.6 Å². The first kappa shape index (κ1) is 7.99. The van der Waals surface area contributed by atoms with Crippen LogP contribution in [0.2, 0.25) is 0 Å². The second-order valence-electron chi connectivity index (χ2n) is 1.42. The number of hydrogen-bond acceptors (Lipinski definition) is 2. The van der Waals surface area contributed by atoms with Gasteiger partial charge < -0.3 is 10.6 Å². The summed E-state index contributed by atoms with van der Waals surface area (Å²) in [6, 6.07) is 0. The van der Waals surface area contributed by atoms with Crippen LogP contribution in [0.15, 0.2) is 4.99 Å². The Morgan fingerprint density at radius 2 is 2.44 bits per heavy atom. The Kier molecular flexibility index (Phi) is 4.56. The van der Waals surface area contributed by atoms with Crippen molar-refractivity contribution in [1.29, 1.82) is 0 Å². The topological polar surface area (TPSA) is 36.4 Å². The summed E-state index contributed by atoms with van der Waals surface area (Å²) in [6.07, 6.45) is 5.05. The second-order valence-corrected chi connectivity index (χ2v) is 1.42. The van der Waals surface area contributed by atoms with E-state index in [1.165, 1.54) is 0 Å². The molecule has 3 heteroatoms. The SMILES string of the molecule is C#CC(=NC)NCNC. The highest BCUT2D eigenvalue weighted by Crippen LogP contribution is 1.63. The Hall–Kier alpha value is -1.01. The third-order valence-corrected chi connectivity index (χ3v) is 0.793. The molecule has 0 saturated heterocycles. The molecule has 9 heavy (non-hydrogen) atoms. The summed E-state index contributed by atoms with van der Waals surface area (Å²) in [4.78, 5) is 3.77. The van der Waals surface area contributed by atoms with Gasteiger partial charge in [0.15, 0.2) is 5.84 Å². The maximum atomic E-state index is 5.05. The van der Waals surface area contributed by atoms with Crippen molar-refractivity contribution in [2.24, 2.45) is 4.99 Å². The zero-order valence-electron chi connectivity index (χ0n) is 5.73. The summed E-state index contributed by atoms with van der Waals surface area (Å²) < 4.78 is 0. The average molecular weight is 125 g/mol. The zero-order chi connectivity index (χ0) is 7.11. The molecule has 0 spiro atoms. The van der Waals surface area contributed by atoms with Crippen molar-refractivity contribution in [2.75, 3.05) is 20.8 Å². The van der Waals surface area contributed by atoms with Crippen molar-refractivity contribution in [2.45, 2.75) is 0 Å². The number of aliphatic imine (C=N–C) groups is 1. The minimum Gasteiger partial charge on any atom is -0.351 e. The molecule has 0 unspecified atom stereocenters.